The van der Waals surface area contributed by atoms with Crippen molar-refractivity contribution in [1.82, 2.24) is 14.8 Å². The molecular weight excluding hydrogens is 410 g/mol. The summed E-state index contributed by atoms with van der Waals surface area (Å²) in [5.74, 6) is -0.555. The molecule has 1 aliphatic heterocycles. The van der Waals surface area contributed by atoms with E-state index in [1.165, 1.54) is 4.88 Å². The van der Waals surface area contributed by atoms with E-state index in [0.29, 0.717) is 18.5 Å². The van der Waals surface area contributed by atoms with Gasteiger partial charge in [0.2, 0.25) is 0 Å². The van der Waals surface area contributed by atoms with E-state index in [1.807, 2.05) is 55.6 Å². The van der Waals surface area contributed by atoms with Crippen molar-refractivity contribution < 1.29 is 14.4 Å². The van der Waals surface area contributed by atoms with E-state index in [4.69, 9.17) is 0 Å². The van der Waals surface area contributed by atoms with Crippen LogP contribution in [0.3, 0.4) is 0 Å². The minimum atomic E-state index is -1.04. The van der Waals surface area contributed by atoms with Gasteiger partial charge >= 0.3 is 6.03 Å². The maximum atomic E-state index is 13.3. The summed E-state index contributed by atoms with van der Waals surface area (Å²) in [6.07, 6.45) is 1.25. The number of ketones is 1. The Balaban J connectivity index is 1.39. The molecule has 0 unspecified atom stereocenters. The van der Waals surface area contributed by atoms with Crippen molar-refractivity contribution in [3.8, 4) is 0 Å². The number of nitrogens with zero attached hydrogens (tertiary/aromatic N) is 2. The SMILES string of the molecule is Cc1cc(C(=O)CN2C(=O)N[C@]3(CCc4ccccc43)C2=O)c(C)n1Cc1cccs1. The van der Waals surface area contributed by atoms with Crippen LogP contribution in [0.4, 0.5) is 4.79 Å². The molecule has 158 valence electrons. The van der Waals surface area contributed by atoms with Gasteiger partial charge in [-0.05, 0) is 55.3 Å². The molecule has 1 saturated heterocycles. The lowest BCUT2D eigenvalue weighted by molar-refractivity contribution is -0.131. The summed E-state index contributed by atoms with van der Waals surface area (Å²) in [4.78, 5) is 41.5. The van der Waals surface area contributed by atoms with E-state index >= 15 is 0 Å². The third-order valence-corrected chi connectivity index (χ3v) is 7.35. The quantitative estimate of drug-likeness (QED) is 0.492. The fourth-order valence-electron chi connectivity index (χ4n) is 4.85. The van der Waals surface area contributed by atoms with Gasteiger partial charge in [-0.3, -0.25) is 14.5 Å². The van der Waals surface area contributed by atoms with Crippen LogP contribution in [0.25, 0.3) is 0 Å². The summed E-state index contributed by atoms with van der Waals surface area (Å²) < 4.78 is 2.10. The summed E-state index contributed by atoms with van der Waals surface area (Å²) in [6.45, 7) is 4.33. The van der Waals surface area contributed by atoms with Gasteiger partial charge in [-0.15, -0.1) is 11.3 Å². The highest BCUT2D eigenvalue weighted by Crippen LogP contribution is 2.41. The third kappa shape index (κ3) is 3.03. The summed E-state index contributed by atoms with van der Waals surface area (Å²) >= 11 is 1.67. The number of carbonyl (C=O) groups excluding carboxylic acids is 3. The first-order valence-corrected chi connectivity index (χ1v) is 11.2. The van der Waals surface area contributed by atoms with E-state index in [2.05, 4.69) is 16.0 Å². The number of aryl methyl sites for hydroxylation is 2. The predicted molar refractivity (Wildman–Crippen MR) is 118 cm³/mol. The van der Waals surface area contributed by atoms with Gasteiger partial charge < -0.3 is 9.88 Å². The second-order valence-electron chi connectivity index (χ2n) is 8.26. The van der Waals surface area contributed by atoms with E-state index < -0.39 is 11.6 Å². The van der Waals surface area contributed by atoms with Crippen LogP contribution in [0.15, 0.2) is 47.8 Å². The van der Waals surface area contributed by atoms with Gasteiger partial charge in [0.05, 0.1) is 13.1 Å². The standard InChI is InChI=1S/C24H23N3O3S/c1-15-12-19(16(2)26(15)13-18-7-5-11-31-18)21(28)14-27-22(29)24(25-23(27)30)10-9-17-6-3-4-8-20(17)24/h3-8,11-12H,9-10,13-14H2,1-2H3,(H,25,30)/t24-/m0/s1. The second-order valence-corrected chi connectivity index (χ2v) is 9.29. The predicted octanol–water partition coefficient (Wildman–Crippen LogP) is 3.79. The molecule has 7 heteroatoms. The highest BCUT2D eigenvalue weighted by Gasteiger charge is 2.55. The van der Waals surface area contributed by atoms with Crippen LogP contribution in [0.2, 0.25) is 0 Å². The molecular formula is C24H23N3O3S. The zero-order valence-electron chi connectivity index (χ0n) is 17.5. The van der Waals surface area contributed by atoms with E-state index in [9.17, 15) is 14.4 Å². The minimum Gasteiger partial charge on any atom is -0.343 e. The Labute approximate surface area is 184 Å². The number of Topliss-reactive ketones (excluding diaryl/α,β-unsaturated/α-hetero) is 1. The summed E-state index contributed by atoms with van der Waals surface area (Å²) in [6, 6.07) is 13.1. The first-order valence-electron chi connectivity index (χ1n) is 10.4. The smallest absolute Gasteiger partial charge is 0.325 e. The maximum absolute atomic E-state index is 13.3. The van der Waals surface area contributed by atoms with Crippen LogP contribution in [-0.4, -0.2) is 33.7 Å². The number of hydrogen-bond donors (Lipinski definition) is 1. The first kappa shape index (κ1) is 19.8. The van der Waals surface area contributed by atoms with Crippen LogP contribution < -0.4 is 5.32 Å². The Hall–Kier alpha value is -3.19. The Morgan fingerprint density at radius 3 is 2.74 bits per heavy atom. The molecule has 3 heterocycles. The van der Waals surface area contributed by atoms with Crippen molar-refractivity contribution in [2.45, 2.75) is 38.8 Å². The van der Waals surface area contributed by atoms with Gasteiger partial charge in [0.15, 0.2) is 5.78 Å². The number of fused-ring (bicyclic) bond motifs is 2. The lowest BCUT2D eigenvalue weighted by Crippen LogP contribution is -2.42. The van der Waals surface area contributed by atoms with Gasteiger partial charge in [-0.2, -0.15) is 0 Å². The van der Waals surface area contributed by atoms with Crippen molar-refractivity contribution >= 4 is 29.1 Å². The van der Waals surface area contributed by atoms with Gasteiger partial charge in [0, 0.05) is 21.8 Å². The average molecular weight is 434 g/mol. The first-order chi connectivity index (χ1) is 14.9. The number of urea groups is 1. The number of benzene rings is 1. The minimum absolute atomic E-state index is 0.225. The zero-order valence-corrected chi connectivity index (χ0v) is 18.3. The van der Waals surface area contributed by atoms with E-state index in [-0.39, 0.29) is 18.2 Å². The molecule has 1 spiro atoms. The van der Waals surface area contributed by atoms with Gasteiger partial charge in [0.25, 0.3) is 5.91 Å². The second kappa shape index (κ2) is 7.20. The van der Waals surface area contributed by atoms with Gasteiger partial charge in [-0.25, -0.2) is 4.79 Å². The molecule has 0 saturated carbocycles. The van der Waals surface area contributed by atoms with Crippen molar-refractivity contribution in [3.63, 3.8) is 0 Å². The topological polar surface area (TPSA) is 71.4 Å². The highest BCUT2D eigenvalue weighted by molar-refractivity contribution is 7.09. The van der Waals surface area contributed by atoms with Crippen LogP contribution in [0.1, 0.15) is 44.2 Å². The zero-order chi connectivity index (χ0) is 21.8. The molecule has 0 radical (unpaired) electrons. The maximum Gasteiger partial charge on any atom is 0.325 e. The Kier molecular flexibility index (Phi) is 4.59. The van der Waals surface area contributed by atoms with Crippen LogP contribution >= 0.6 is 11.3 Å². The molecule has 1 atom stereocenters. The fourth-order valence-corrected chi connectivity index (χ4v) is 5.54. The van der Waals surface area contributed by atoms with Crippen molar-refractivity contribution in [3.05, 3.63) is 80.8 Å². The van der Waals surface area contributed by atoms with E-state index in [1.54, 1.807) is 11.3 Å². The Morgan fingerprint density at radius 2 is 1.97 bits per heavy atom. The largest absolute Gasteiger partial charge is 0.343 e. The number of rotatable bonds is 5. The Morgan fingerprint density at radius 1 is 1.16 bits per heavy atom. The number of carbonyl (C=O) groups is 3. The summed E-state index contributed by atoms with van der Waals surface area (Å²) in [5.41, 5.74) is 3.27. The van der Waals surface area contributed by atoms with Crippen LogP contribution in [0.5, 0.6) is 0 Å². The number of aromatic nitrogens is 1. The van der Waals surface area contributed by atoms with Crippen molar-refractivity contribution in [2.75, 3.05) is 6.54 Å². The molecule has 31 heavy (non-hydrogen) atoms. The molecule has 1 aromatic carbocycles. The monoisotopic (exact) mass is 433 g/mol. The van der Waals surface area contributed by atoms with Crippen molar-refractivity contribution in [1.29, 1.82) is 0 Å². The Bertz CT molecular complexity index is 1210. The molecule has 1 N–H and O–H groups in total. The fraction of sp³-hybridized carbons (Fsp3) is 0.292. The van der Waals surface area contributed by atoms with Crippen LogP contribution in [-0.2, 0) is 23.3 Å². The molecule has 2 aliphatic rings. The third-order valence-electron chi connectivity index (χ3n) is 6.49. The molecule has 5 rings (SSSR count). The highest BCUT2D eigenvalue weighted by atomic mass is 32.1. The summed E-state index contributed by atoms with van der Waals surface area (Å²) in [5, 5.41) is 4.92. The van der Waals surface area contributed by atoms with E-state index in [0.717, 1.165) is 33.8 Å². The molecule has 3 aromatic rings. The van der Waals surface area contributed by atoms with Gasteiger partial charge in [0.1, 0.15) is 5.54 Å². The number of nitrogens with one attached hydrogen (secondary N) is 1. The molecule has 1 fully saturated rings. The summed E-state index contributed by atoms with van der Waals surface area (Å²) in [7, 11) is 0. The lowest BCUT2D eigenvalue weighted by Gasteiger charge is -2.22. The normalized spacial score (nSPS) is 19.9. The van der Waals surface area contributed by atoms with Crippen LogP contribution in [0, 0.1) is 13.8 Å². The molecule has 1 aliphatic carbocycles. The molecule has 6 nitrogen and oxygen atoms in total. The lowest BCUT2D eigenvalue weighted by atomic mass is 9.92. The number of amides is 3. The molecule has 3 amide bonds. The van der Waals surface area contributed by atoms with Crippen molar-refractivity contribution in [2.24, 2.45) is 0 Å². The number of hydrogen-bond acceptors (Lipinski definition) is 4. The van der Waals surface area contributed by atoms with Gasteiger partial charge in [-0.1, -0.05) is 30.3 Å². The number of thiophene rings is 1. The molecule has 0 bridgehead atoms. The number of imide groups is 1. The molecule has 2 aromatic heterocycles. The average Bonchev–Trinajstić information content (AvgIpc) is 3.51.